The number of para-hydroxylation sites is 1. The molecule has 3 heteroatoms. The predicted octanol–water partition coefficient (Wildman–Crippen LogP) is 4.60. The smallest absolute Gasteiger partial charge is 0.0760 e. The molecule has 2 bridgehead atoms. The molecular weight excluding hydrogens is 282 g/mol. The van der Waals surface area contributed by atoms with E-state index in [1.54, 1.807) is 0 Å². The third-order valence-electron chi connectivity index (χ3n) is 6.10. The van der Waals surface area contributed by atoms with Crippen LogP contribution < -0.4 is 0 Å². The third-order valence-corrected chi connectivity index (χ3v) is 6.10. The molecule has 1 aromatic carbocycles. The quantitative estimate of drug-likeness (QED) is 0.418. The van der Waals surface area contributed by atoms with Crippen molar-refractivity contribution in [3.05, 3.63) is 54.1 Å². The highest BCUT2D eigenvalue weighted by Crippen LogP contribution is 2.53. The maximum Gasteiger partial charge on any atom is 0.0760 e. The molecule has 2 aliphatic heterocycles. The van der Waals surface area contributed by atoms with Crippen molar-refractivity contribution in [3.8, 4) is 0 Å². The van der Waals surface area contributed by atoms with Gasteiger partial charge in [0.15, 0.2) is 0 Å². The van der Waals surface area contributed by atoms with Gasteiger partial charge in [0, 0.05) is 45.8 Å². The molecular formula is C20H13N3. The molecule has 0 radical (unpaired) electrons. The molecule has 0 N–H and O–H groups in total. The van der Waals surface area contributed by atoms with E-state index in [2.05, 4.69) is 34.7 Å². The lowest BCUT2D eigenvalue weighted by Crippen LogP contribution is -2.24. The second kappa shape index (κ2) is 3.30. The lowest BCUT2D eigenvalue weighted by atomic mass is 9.70. The first-order valence-corrected chi connectivity index (χ1v) is 8.33. The summed E-state index contributed by atoms with van der Waals surface area (Å²) in [5.74, 6) is 1.18. The van der Waals surface area contributed by atoms with E-state index < -0.39 is 0 Å². The van der Waals surface area contributed by atoms with E-state index in [0.29, 0.717) is 11.8 Å². The van der Waals surface area contributed by atoms with Crippen LogP contribution in [0.3, 0.4) is 0 Å². The van der Waals surface area contributed by atoms with E-state index in [4.69, 9.17) is 9.97 Å². The first-order chi connectivity index (χ1) is 11.4. The first kappa shape index (κ1) is 10.9. The highest BCUT2D eigenvalue weighted by molar-refractivity contribution is 6.23. The van der Waals surface area contributed by atoms with Gasteiger partial charge < -0.3 is 4.40 Å². The summed E-state index contributed by atoms with van der Waals surface area (Å²) in [6.45, 7) is 0. The molecule has 8 rings (SSSR count). The summed E-state index contributed by atoms with van der Waals surface area (Å²) in [4.78, 5) is 9.61. The Labute approximate surface area is 131 Å². The molecule has 0 saturated heterocycles. The Morgan fingerprint density at radius 2 is 1.22 bits per heavy atom. The topological polar surface area (TPSA) is 30.2 Å². The van der Waals surface area contributed by atoms with Gasteiger partial charge >= 0.3 is 0 Å². The van der Waals surface area contributed by atoms with Crippen molar-refractivity contribution in [2.24, 2.45) is 0 Å². The van der Waals surface area contributed by atoms with Crippen LogP contribution in [-0.4, -0.2) is 14.4 Å². The molecule has 1 fully saturated rings. The van der Waals surface area contributed by atoms with Crippen molar-refractivity contribution in [2.75, 3.05) is 0 Å². The molecule has 1 aliphatic carbocycles. The van der Waals surface area contributed by atoms with Crippen LogP contribution in [0.5, 0.6) is 0 Å². The van der Waals surface area contributed by atoms with Crippen LogP contribution in [0.4, 0.5) is 0 Å². The first-order valence-electron chi connectivity index (χ1n) is 8.33. The van der Waals surface area contributed by atoms with Gasteiger partial charge in [-0.3, -0.25) is 9.97 Å². The Bertz CT molecular complexity index is 1180. The van der Waals surface area contributed by atoms with Gasteiger partial charge in [0.05, 0.1) is 27.9 Å². The van der Waals surface area contributed by atoms with Gasteiger partial charge in [-0.25, -0.2) is 0 Å². The van der Waals surface area contributed by atoms with Crippen molar-refractivity contribution >= 4 is 38.1 Å². The number of nitrogens with zero attached hydrogens (tertiary/aromatic N) is 3. The number of benzene rings is 1. The van der Waals surface area contributed by atoms with Crippen molar-refractivity contribution in [1.29, 1.82) is 0 Å². The molecule has 5 aromatic rings. The Kier molecular flexibility index (Phi) is 1.57. The van der Waals surface area contributed by atoms with Crippen molar-refractivity contribution in [1.82, 2.24) is 14.4 Å². The number of fused-ring (bicyclic) bond motifs is 2. The molecule has 3 aliphatic rings. The molecule has 0 unspecified atom stereocenters. The van der Waals surface area contributed by atoms with Crippen LogP contribution in [0.15, 0.2) is 42.7 Å². The van der Waals surface area contributed by atoms with Gasteiger partial charge in [0.2, 0.25) is 0 Å². The Morgan fingerprint density at radius 1 is 0.696 bits per heavy atom. The fourth-order valence-corrected chi connectivity index (χ4v) is 5.06. The number of hydrogen-bond donors (Lipinski definition) is 0. The summed E-state index contributed by atoms with van der Waals surface area (Å²) >= 11 is 0. The molecule has 0 spiro atoms. The number of pyridine rings is 2. The van der Waals surface area contributed by atoms with Gasteiger partial charge in [0.1, 0.15) is 0 Å². The summed E-state index contributed by atoms with van der Waals surface area (Å²) in [5.41, 5.74) is 6.59. The van der Waals surface area contributed by atoms with E-state index in [-0.39, 0.29) is 0 Å². The number of hydrogen-bond acceptors (Lipinski definition) is 2. The molecule has 23 heavy (non-hydrogen) atoms. The van der Waals surface area contributed by atoms with Gasteiger partial charge in [-0.2, -0.15) is 0 Å². The maximum atomic E-state index is 4.80. The summed E-state index contributed by atoms with van der Waals surface area (Å²) in [6, 6.07) is 11.1. The molecule has 6 heterocycles. The van der Waals surface area contributed by atoms with Gasteiger partial charge in [-0.1, -0.05) is 18.2 Å². The zero-order chi connectivity index (χ0) is 14.7. The monoisotopic (exact) mass is 295 g/mol. The number of aromatic nitrogens is 3. The fourth-order valence-electron chi connectivity index (χ4n) is 5.06. The number of rotatable bonds is 0. The van der Waals surface area contributed by atoms with Crippen molar-refractivity contribution in [2.45, 2.75) is 24.7 Å². The second-order valence-corrected chi connectivity index (χ2v) is 7.09. The minimum atomic E-state index is 0.590. The van der Waals surface area contributed by atoms with Crippen molar-refractivity contribution in [3.63, 3.8) is 0 Å². The summed E-state index contributed by atoms with van der Waals surface area (Å²) in [5, 5.41) is 5.39. The molecule has 4 aromatic heterocycles. The standard InChI is InChI=1S/C20H13N3/c1-2-12-14-4-6-21-16-10-8-11(9-10)17-20-15(5-7-22-17)13(3-1)18(12)23(20)19(14)16/h1-7,10-11H,8-9H2. The van der Waals surface area contributed by atoms with E-state index in [1.165, 1.54) is 62.3 Å². The highest BCUT2D eigenvalue weighted by Gasteiger charge is 2.39. The lowest BCUT2D eigenvalue weighted by molar-refractivity contribution is 0.340. The third kappa shape index (κ3) is 1.02. The SMILES string of the molecule is c1cc2c3ccnc4c3n3c5c(nccc5c(c1)c23)C1CC4C1. The Morgan fingerprint density at radius 3 is 1.78 bits per heavy atom. The van der Waals surface area contributed by atoms with Crippen LogP contribution in [0.25, 0.3) is 38.1 Å². The normalized spacial score (nSPS) is 22.4. The van der Waals surface area contributed by atoms with Crippen LogP contribution in [0, 0.1) is 0 Å². The highest BCUT2D eigenvalue weighted by atomic mass is 15.0. The van der Waals surface area contributed by atoms with Gasteiger partial charge in [0.25, 0.3) is 0 Å². The fraction of sp³-hybridized carbons (Fsp3) is 0.200. The van der Waals surface area contributed by atoms with E-state index in [0.717, 1.165) is 0 Å². The van der Waals surface area contributed by atoms with E-state index >= 15 is 0 Å². The molecule has 108 valence electrons. The Balaban J connectivity index is 1.99. The minimum Gasteiger partial charge on any atom is -0.304 e. The second-order valence-electron chi connectivity index (χ2n) is 7.09. The van der Waals surface area contributed by atoms with E-state index in [9.17, 15) is 0 Å². The summed E-state index contributed by atoms with van der Waals surface area (Å²) < 4.78 is 2.47. The summed E-state index contributed by atoms with van der Waals surface area (Å²) in [6.07, 6.45) is 6.38. The average Bonchev–Trinajstić information content (AvgIpc) is 3.04. The van der Waals surface area contributed by atoms with E-state index in [1.807, 2.05) is 12.4 Å². The van der Waals surface area contributed by atoms with Crippen molar-refractivity contribution < 1.29 is 0 Å². The molecule has 3 nitrogen and oxygen atoms in total. The van der Waals surface area contributed by atoms with Crippen LogP contribution in [-0.2, 0) is 0 Å². The Hall–Kier alpha value is -2.68. The molecule has 0 amide bonds. The lowest BCUT2D eigenvalue weighted by Gasteiger charge is -2.36. The zero-order valence-corrected chi connectivity index (χ0v) is 12.5. The largest absolute Gasteiger partial charge is 0.304 e. The zero-order valence-electron chi connectivity index (χ0n) is 12.5. The van der Waals surface area contributed by atoms with Crippen LogP contribution >= 0.6 is 0 Å². The maximum absolute atomic E-state index is 4.80. The summed E-state index contributed by atoms with van der Waals surface area (Å²) in [7, 11) is 0. The minimum absolute atomic E-state index is 0.590. The van der Waals surface area contributed by atoms with Gasteiger partial charge in [-0.05, 0) is 25.0 Å². The predicted molar refractivity (Wildman–Crippen MR) is 91.4 cm³/mol. The average molecular weight is 295 g/mol. The molecule has 1 saturated carbocycles. The van der Waals surface area contributed by atoms with Crippen LogP contribution in [0.1, 0.15) is 36.1 Å². The molecule has 0 atom stereocenters. The van der Waals surface area contributed by atoms with Crippen LogP contribution in [0.2, 0.25) is 0 Å². The van der Waals surface area contributed by atoms with Gasteiger partial charge in [-0.15, -0.1) is 0 Å².